The first-order valence-electron chi connectivity index (χ1n) is 16.0. The Morgan fingerprint density at radius 3 is 2.81 bits per heavy atom. The van der Waals surface area contributed by atoms with Crippen molar-refractivity contribution in [1.82, 2.24) is 19.9 Å². The first kappa shape index (κ1) is 21.7. The van der Waals surface area contributed by atoms with Crippen LogP contribution in [0.3, 0.4) is 0 Å². The zero-order chi connectivity index (χ0) is 34.9. The maximum absolute atomic E-state index is 16.8. The monoisotopic (exact) mass is 599 g/mol. The molecule has 1 N–H and O–H groups in total. The highest BCUT2D eigenvalue weighted by molar-refractivity contribution is 7.23. The molecule has 2 aliphatic rings. The number of benzene rings is 1. The van der Waals surface area contributed by atoms with Gasteiger partial charge in [0.25, 0.3) is 0 Å². The number of halogens is 2. The van der Waals surface area contributed by atoms with Crippen LogP contribution in [-0.2, 0) is 22.7 Å². The average Bonchev–Trinajstić information content (AvgIpc) is 3.71. The molecule has 3 aromatic heterocycles. The number of rotatable bonds is 4. The van der Waals surface area contributed by atoms with Gasteiger partial charge in [0.1, 0.15) is 22.2 Å². The van der Waals surface area contributed by atoms with Crippen LogP contribution in [-0.4, -0.2) is 64.6 Å². The molecule has 4 aromatic rings. The number of hydrogen-bond acceptors (Lipinski definition) is 10. The normalized spacial score (nSPS) is 19.5. The molecule has 1 atom stereocenters. The third-order valence-electron chi connectivity index (χ3n) is 7.13. The lowest BCUT2D eigenvalue weighted by molar-refractivity contribution is 0.0636. The fraction of sp³-hybridized carbons (Fsp3) is 0.414. The number of ether oxygens (including phenoxy) is 2. The zero-order valence-corrected chi connectivity index (χ0v) is 23.7. The van der Waals surface area contributed by atoms with Crippen LogP contribution in [0.25, 0.3) is 32.2 Å². The number of thiophene rings is 1. The lowest BCUT2D eigenvalue weighted by Gasteiger charge is -2.21. The lowest BCUT2D eigenvalue weighted by Crippen LogP contribution is -2.32. The summed E-state index contributed by atoms with van der Waals surface area (Å²) in [6, 6.07) is 1.12. The van der Waals surface area contributed by atoms with E-state index in [1.165, 1.54) is 6.20 Å². The molecule has 1 amide bonds. The Balaban J connectivity index is 1.47. The molecule has 218 valence electrons. The van der Waals surface area contributed by atoms with Crippen LogP contribution in [0.5, 0.6) is 0 Å². The average molecular weight is 600 g/mol. The van der Waals surface area contributed by atoms with Gasteiger partial charge in [-0.2, -0.15) is 5.26 Å². The van der Waals surface area contributed by atoms with E-state index in [1.807, 2.05) is 6.07 Å². The van der Waals surface area contributed by atoms with Crippen molar-refractivity contribution >= 4 is 49.4 Å². The van der Waals surface area contributed by atoms with E-state index >= 15 is 8.78 Å². The molecule has 1 fully saturated rings. The third-order valence-corrected chi connectivity index (χ3v) is 8.24. The molecule has 10 nitrogen and oxygen atoms in total. The Bertz CT molecular complexity index is 1990. The summed E-state index contributed by atoms with van der Waals surface area (Å²) in [5, 5.41) is 13.0. The van der Waals surface area contributed by atoms with Crippen molar-refractivity contribution < 1.29 is 31.3 Å². The highest BCUT2D eigenvalue weighted by Gasteiger charge is 2.32. The number of anilines is 2. The third kappa shape index (κ3) is 4.79. The van der Waals surface area contributed by atoms with Crippen LogP contribution >= 0.6 is 11.3 Å². The number of carbonyl (C=O) groups excluding carboxylic acids is 1. The Hall–Kier alpha value is -3.99. The number of amides is 1. The fourth-order valence-corrected chi connectivity index (χ4v) is 6.33. The van der Waals surface area contributed by atoms with Crippen molar-refractivity contribution in [3.05, 3.63) is 40.7 Å². The Labute approximate surface area is 253 Å². The quantitative estimate of drug-likeness (QED) is 0.321. The predicted octanol–water partition coefficient (Wildman–Crippen LogP) is 5.57. The number of nitrogens with one attached hydrogen (secondary N) is 1. The van der Waals surface area contributed by atoms with E-state index in [-0.39, 0.29) is 76.1 Å². The minimum Gasteiger partial charge on any atom is -0.444 e. The van der Waals surface area contributed by atoms with Gasteiger partial charge >= 0.3 is 6.09 Å². The highest BCUT2D eigenvalue weighted by Crippen LogP contribution is 2.46. The van der Waals surface area contributed by atoms with Gasteiger partial charge < -0.3 is 19.3 Å². The van der Waals surface area contributed by atoms with Crippen LogP contribution in [0.4, 0.5) is 24.5 Å². The summed E-state index contributed by atoms with van der Waals surface area (Å²) in [4.78, 5) is 27.8. The van der Waals surface area contributed by atoms with Gasteiger partial charge in [-0.3, -0.25) is 10.3 Å². The molecule has 0 unspecified atom stereocenters. The molecule has 0 radical (unpaired) electrons. The van der Waals surface area contributed by atoms with Gasteiger partial charge in [-0.1, -0.05) is 0 Å². The number of hydrogen-bond donors (Lipinski definition) is 1. The summed E-state index contributed by atoms with van der Waals surface area (Å²) in [5.41, 5.74) is -0.214. The molecular weight excluding hydrogens is 564 g/mol. The second kappa shape index (κ2) is 10.4. The Morgan fingerprint density at radius 1 is 1.29 bits per heavy atom. The van der Waals surface area contributed by atoms with Crippen molar-refractivity contribution in [3.8, 4) is 17.3 Å². The number of likely N-dealkylation sites (N-methyl/N-ethyl adjacent to an activating group) is 1. The van der Waals surface area contributed by atoms with E-state index in [1.54, 1.807) is 25.7 Å². The van der Waals surface area contributed by atoms with Gasteiger partial charge in [-0.15, -0.1) is 11.3 Å². The van der Waals surface area contributed by atoms with E-state index in [0.29, 0.717) is 21.4 Å². The lowest BCUT2D eigenvalue weighted by atomic mass is 9.94. The van der Waals surface area contributed by atoms with E-state index < -0.39 is 43.3 Å². The smallest absolute Gasteiger partial charge is 0.412 e. The van der Waals surface area contributed by atoms with Crippen LogP contribution in [0.15, 0.2) is 12.4 Å². The number of pyridine rings is 1. The minimum atomic E-state index is -2.88. The molecule has 0 saturated carbocycles. The summed E-state index contributed by atoms with van der Waals surface area (Å²) >= 11 is 0.787. The molecule has 1 aromatic carbocycles. The van der Waals surface area contributed by atoms with Crippen molar-refractivity contribution in [2.45, 2.75) is 52.0 Å². The van der Waals surface area contributed by atoms with Gasteiger partial charge in [0.15, 0.2) is 11.6 Å². The second-order valence-electron chi connectivity index (χ2n) is 11.0. The second-order valence-corrected chi connectivity index (χ2v) is 12.1. The summed E-state index contributed by atoms with van der Waals surface area (Å²) in [5.74, 6) is -1.56. The van der Waals surface area contributed by atoms with E-state index in [9.17, 15) is 10.1 Å². The van der Waals surface area contributed by atoms with E-state index in [2.05, 4.69) is 20.3 Å². The molecule has 0 aliphatic carbocycles. The molecule has 42 heavy (non-hydrogen) atoms. The van der Waals surface area contributed by atoms with E-state index in [0.717, 1.165) is 17.5 Å². The van der Waals surface area contributed by atoms with Gasteiger partial charge in [-0.25, -0.2) is 23.5 Å². The van der Waals surface area contributed by atoms with Gasteiger partial charge in [0.2, 0.25) is 5.95 Å². The van der Waals surface area contributed by atoms with Gasteiger partial charge in [-0.05, 0) is 52.3 Å². The zero-order valence-electron chi connectivity index (χ0n) is 28.8. The number of carbonyl (C=O) groups is 1. The number of aromatic nitrogens is 3. The molecule has 5 heterocycles. The number of fused-ring (bicyclic) bond motifs is 4. The SMILES string of the molecule is [2H]C([2H])([2H])N([C@H]1CCN(c2ncc3c4c(c(-c5ncc(F)c6sc(NC(=O)OC(C)(C)C)c(C#N)c56)c(F)c3n2)COC4)C1)C([2H])([2H])[2H]. The topological polar surface area (TPSA) is 116 Å². The maximum atomic E-state index is 16.8. The molecular formula is C29H29F2N7O3S. The molecule has 6 rings (SSSR count). The molecule has 2 aliphatic heterocycles. The summed E-state index contributed by atoms with van der Waals surface area (Å²) in [7, 11) is 0. The summed E-state index contributed by atoms with van der Waals surface area (Å²) in [6.45, 7) is -0.503. The van der Waals surface area contributed by atoms with Crippen LogP contribution < -0.4 is 10.2 Å². The molecule has 0 spiro atoms. The van der Waals surface area contributed by atoms with Crippen molar-refractivity contribution in [3.63, 3.8) is 0 Å². The largest absolute Gasteiger partial charge is 0.444 e. The van der Waals surface area contributed by atoms with Crippen molar-refractivity contribution in [2.75, 3.05) is 37.3 Å². The number of nitriles is 1. The van der Waals surface area contributed by atoms with Crippen molar-refractivity contribution in [1.29, 1.82) is 5.26 Å². The Morgan fingerprint density at radius 2 is 2.07 bits per heavy atom. The minimum absolute atomic E-state index is 0.000323. The van der Waals surface area contributed by atoms with Crippen LogP contribution in [0.2, 0.25) is 0 Å². The van der Waals surface area contributed by atoms with E-state index in [4.69, 9.17) is 17.7 Å². The standard InChI is InChI=1S/C29H29F2N7O3S/c1-29(2,3)41-28(39)36-26-15(8-32)21-24(33-10-19(30)25(21)42-26)20-18-13-40-12-17(18)16-9-34-27(35-23(16)22(20)31)38-7-6-14(11-38)37(4)5/h9-10,14H,6-7,11-13H2,1-5H3,(H,36,39)/t14-/m0/s1/i4D3,5D3. The number of nitrogens with zero attached hydrogens (tertiary/aromatic N) is 6. The predicted molar refractivity (Wildman–Crippen MR) is 155 cm³/mol. The first-order valence-corrected chi connectivity index (χ1v) is 13.8. The summed E-state index contributed by atoms with van der Waals surface area (Å²) < 4.78 is 89.6. The van der Waals surface area contributed by atoms with Crippen molar-refractivity contribution in [2.24, 2.45) is 0 Å². The van der Waals surface area contributed by atoms with Gasteiger partial charge in [0.05, 0.1) is 35.4 Å². The van der Waals surface area contributed by atoms with Crippen LogP contribution in [0, 0.1) is 23.0 Å². The Kier molecular flexibility index (Phi) is 5.35. The van der Waals surface area contributed by atoms with Gasteiger partial charge in [0, 0.05) is 49.9 Å². The maximum Gasteiger partial charge on any atom is 0.412 e. The fourth-order valence-electron chi connectivity index (χ4n) is 5.29. The summed E-state index contributed by atoms with van der Waals surface area (Å²) in [6.07, 6.45) is 1.67. The molecule has 0 bridgehead atoms. The van der Waals surface area contributed by atoms with Crippen LogP contribution in [0.1, 0.15) is 52.1 Å². The molecule has 13 heteroatoms. The highest BCUT2D eigenvalue weighted by atomic mass is 32.1. The first-order chi connectivity index (χ1) is 22.4. The molecule has 1 saturated heterocycles.